The van der Waals surface area contributed by atoms with E-state index >= 15 is 0 Å². The average molecular weight is 315 g/mol. The van der Waals surface area contributed by atoms with E-state index in [4.69, 9.17) is 0 Å². The summed E-state index contributed by atoms with van der Waals surface area (Å²) in [6.07, 6.45) is 1.53. The zero-order valence-corrected chi connectivity index (χ0v) is 13.5. The molecule has 0 fully saturated rings. The van der Waals surface area contributed by atoms with Gasteiger partial charge in [-0.25, -0.2) is 5.43 Å². The average Bonchev–Trinajstić information content (AvgIpc) is 2.88. The lowest BCUT2D eigenvalue weighted by Gasteiger charge is -2.06. The molecule has 5 nitrogen and oxygen atoms in total. The van der Waals surface area contributed by atoms with Crippen LogP contribution >= 0.6 is 11.3 Å². The number of carbonyl (C=O) groups is 2. The van der Waals surface area contributed by atoms with Crippen LogP contribution in [0.5, 0.6) is 0 Å². The van der Waals surface area contributed by atoms with E-state index in [2.05, 4.69) is 15.8 Å². The van der Waals surface area contributed by atoms with Crippen molar-refractivity contribution in [2.45, 2.75) is 20.8 Å². The lowest BCUT2D eigenvalue weighted by Crippen LogP contribution is -2.32. The molecule has 0 bridgehead atoms. The van der Waals surface area contributed by atoms with E-state index in [0.717, 1.165) is 21.6 Å². The van der Waals surface area contributed by atoms with Gasteiger partial charge in [0.2, 0.25) is 0 Å². The smallest absolute Gasteiger partial charge is 0.318 e. The van der Waals surface area contributed by atoms with E-state index < -0.39 is 11.8 Å². The summed E-state index contributed by atoms with van der Waals surface area (Å²) in [6.45, 7) is 5.87. The largest absolute Gasteiger partial charge is 0.329 e. The highest BCUT2D eigenvalue weighted by Crippen LogP contribution is 2.14. The summed E-state index contributed by atoms with van der Waals surface area (Å²) in [5.41, 5.74) is 6.04. The van der Waals surface area contributed by atoms with Gasteiger partial charge in [0.1, 0.15) is 0 Å². The third-order valence-electron chi connectivity index (χ3n) is 3.22. The number of rotatable bonds is 3. The normalized spacial score (nSPS) is 10.7. The van der Waals surface area contributed by atoms with Crippen LogP contribution in [0.4, 0.5) is 5.69 Å². The fraction of sp³-hybridized carbons (Fsp3) is 0.188. The molecule has 2 amide bonds. The van der Waals surface area contributed by atoms with E-state index in [1.807, 2.05) is 44.4 Å². The Morgan fingerprint density at radius 3 is 2.45 bits per heavy atom. The Morgan fingerprint density at radius 2 is 1.82 bits per heavy atom. The zero-order valence-electron chi connectivity index (χ0n) is 12.6. The number of nitrogens with one attached hydrogen (secondary N) is 2. The quantitative estimate of drug-likeness (QED) is 0.519. The molecule has 2 aromatic rings. The number of hydrazone groups is 1. The fourth-order valence-electron chi connectivity index (χ4n) is 1.72. The molecule has 6 heteroatoms. The maximum absolute atomic E-state index is 11.8. The summed E-state index contributed by atoms with van der Waals surface area (Å²) in [5, 5.41) is 8.27. The second-order valence-corrected chi connectivity index (χ2v) is 5.87. The Morgan fingerprint density at radius 1 is 1.05 bits per heavy atom. The molecule has 0 spiro atoms. The van der Waals surface area contributed by atoms with Crippen LogP contribution in [0.15, 0.2) is 34.7 Å². The van der Waals surface area contributed by atoms with Crippen molar-refractivity contribution in [2.24, 2.45) is 5.10 Å². The van der Waals surface area contributed by atoms with Gasteiger partial charge in [-0.15, -0.1) is 11.3 Å². The number of thiophene rings is 1. The zero-order chi connectivity index (χ0) is 16.1. The van der Waals surface area contributed by atoms with Gasteiger partial charge in [-0.1, -0.05) is 6.07 Å². The van der Waals surface area contributed by atoms with Crippen molar-refractivity contribution >= 4 is 35.1 Å². The van der Waals surface area contributed by atoms with Crippen LogP contribution in [0.2, 0.25) is 0 Å². The van der Waals surface area contributed by atoms with E-state index in [0.29, 0.717) is 5.69 Å². The fourth-order valence-corrected chi connectivity index (χ4v) is 2.51. The molecule has 0 unspecified atom stereocenters. The second-order valence-electron chi connectivity index (χ2n) is 4.92. The van der Waals surface area contributed by atoms with Crippen LogP contribution in [0.25, 0.3) is 0 Å². The number of carbonyl (C=O) groups excluding carboxylic acids is 2. The first-order chi connectivity index (χ1) is 10.5. The van der Waals surface area contributed by atoms with Crippen LogP contribution in [-0.4, -0.2) is 18.0 Å². The summed E-state index contributed by atoms with van der Waals surface area (Å²) >= 11 is 1.51. The van der Waals surface area contributed by atoms with Crippen molar-refractivity contribution in [1.29, 1.82) is 0 Å². The first-order valence-corrected chi connectivity index (χ1v) is 7.61. The maximum Gasteiger partial charge on any atom is 0.329 e. The van der Waals surface area contributed by atoms with Crippen molar-refractivity contribution in [3.05, 3.63) is 51.2 Å². The predicted molar refractivity (Wildman–Crippen MR) is 89.3 cm³/mol. The van der Waals surface area contributed by atoms with E-state index in [9.17, 15) is 9.59 Å². The summed E-state index contributed by atoms with van der Waals surface area (Å²) in [7, 11) is 0. The van der Waals surface area contributed by atoms with Crippen LogP contribution in [0, 0.1) is 20.8 Å². The number of anilines is 1. The SMILES string of the molecule is Cc1ccc(NC(=O)C(=O)N/N=C/c2sccc2C)cc1C. The van der Waals surface area contributed by atoms with Crippen molar-refractivity contribution in [3.63, 3.8) is 0 Å². The van der Waals surface area contributed by atoms with Gasteiger partial charge in [-0.05, 0) is 61.0 Å². The third-order valence-corrected chi connectivity index (χ3v) is 4.17. The van der Waals surface area contributed by atoms with Crippen LogP contribution in [-0.2, 0) is 9.59 Å². The minimum absolute atomic E-state index is 0.585. The lowest BCUT2D eigenvalue weighted by molar-refractivity contribution is -0.136. The lowest BCUT2D eigenvalue weighted by atomic mass is 10.1. The summed E-state index contributed by atoms with van der Waals surface area (Å²) < 4.78 is 0. The van der Waals surface area contributed by atoms with Gasteiger partial charge >= 0.3 is 11.8 Å². The first-order valence-electron chi connectivity index (χ1n) is 6.73. The van der Waals surface area contributed by atoms with Crippen molar-refractivity contribution < 1.29 is 9.59 Å². The van der Waals surface area contributed by atoms with Crippen molar-refractivity contribution in [1.82, 2.24) is 5.43 Å². The molecule has 0 radical (unpaired) electrons. The number of aryl methyl sites for hydroxylation is 3. The predicted octanol–water partition coefficient (Wildman–Crippen LogP) is 2.76. The molecule has 2 rings (SSSR count). The molecular weight excluding hydrogens is 298 g/mol. The molecule has 0 aliphatic rings. The highest BCUT2D eigenvalue weighted by Gasteiger charge is 2.13. The Hall–Kier alpha value is -2.47. The van der Waals surface area contributed by atoms with Gasteiger partial charge in [0, 0.05) is 10.6 Å². The molecule has 0 aliphatic heterocycles. The number of amides is 2. The monoisotopic (exact) mass is 315 g/mol. The molecule has 1 heterocycles. The second kappa shape index (κ2) is 7.00. The Kier molecular flexibility index (Phi) is 5.06. The van der Waals surface area contributed by atoms with E-state index in [1.165, 1.54) is 17.6 Å². The molecule has 0 saturated heterocycles. The van der Waals surface area contributed by atoms with Gasteiger partial charge in [0.25, 0.3) is 0 Å². The highest BCUT2D eigenvalue weighted by atomic mass is 32.1. The highest BCUT2D eigenvalue weighted by molar-refractivity contribution is 7.11. The minimum Gasteiger partial charge on any atom is -0.318 e. The molecule has 0 aliphatic carbocycles. The first kappa shape index (κ1) is 15.9. The van der Waals surface area contributed by atoms with Crippen molar-refractivity contribution in [2.75, 3.05) is 5.32 Å². The molecular formula is C16H17N3O2S. The van der Waals surface area contributed by atoms with Crippen molar-refractivity contribution in [3.8, 4) is 0 Å². The number of nitrogens with zero attached hydrogens (tertiary/aromatic N) is 1. The van der Waals surface area contributed by atoms with Gasteiger partial charge in [0.05, 0.1) is 6.21 Å². The Bertz CT molecular complexity index is 735. The molecule has 0 saturated carbocycles. The number of hydrogen-bond acceptors (Lipinski definition) is 4. The Labute approximate surface area is 133 Å². The van der Waals surface area contributed by atoms with Gasteiger partial charge in [-0.3, -0.25) is 9.59 Å². The number of hydrogen-bond donors (Lipinski definition) is 2. The van der Waals surface area contributed by atoms with Gasteiger partial charge < -0.3 is 5.32 Å². The van der Waals surface area contributed by atoms with E-state index in [-0.39, 0.29) is 0 Å². The number of benzene rings is 1. The molecule has 2 N–H and O–H groups in total. The van der Waals surface area contributed by atoms with Crippen LogP contribution in [0.3, 0.4) is 0 Å². The maximum atomic E-state index is 11.8. The molecule has 0 atom stereocenters. The molecule has 1 aromatic heterocycles. The topological polar surface area (TPSA) is 70.6 Å². The summed E-state index contributed by atoms with van der Waals surface area (Å²) in [4.78, 5) is 24.4. The summed E-state index contributed by atoms with van der Waals surface area (Å²) in [5.74, 6) is -1.55. The molecule has 1 aromatic carbocycles. The van der Waals surface area contributed by atoms with Crippen LogP contribution in [0.1, 0.15) is 21.6 Å². The molecule has 22 heavy (non-hydrogen) atoms. The van der Waals surface area contributed by atoms with E-state index in [1.54, 1.807) is 6.07 Å². The minimum atomic E-state index is -0.802. The van der Waals surface area contributed by atoms with Crippen LogP contribution < -0.4 is 10.7 Å². The third kappa shape index (κ3) is 4.02. The van der Waals surface area contributed by atoms with Gasteiger partial charge in [-0.2, -0.15) is 5.10 Å². The molecule has 114 valence electrons. The summed E-state index contributed by atoms with van der Waals surface area (Å²) in [6, 6.07) is 7.42. The Balaban J connectivity index is 1.92. The van der Waals surface area contributed by atoms with Gasteiger partial charge in [0.15, 0.2) is 0 Å². The standard InChI is InChI=1S/C16H17N3O2S/c1-10-4-5-13(8-12(10)3)18-15(20)16(21)19-17-9-14-11(2)6-7-22-14/h4-9H,1-3H3,(H,18,20)(H,19,21)/b17-9+.